The molecule has 0 amide bonds. The molecule has 0 radical (unpaired) electrons. The van der Waals surface area contributed by atoms with Gasteiger partial charge < -0.3 is 10.1 Å². The summed E-state index contributed by atoms with van der Waals surface area (Å²) in [7, 11) is 0. The van der Waals surface area contributed by atoms with Crippen molar-refractivity contribution in [3.63, 3.8) is 0 Å². The number of rotatable bonds is 4. The molecule has 1 fully saturated rings. The van der Waals surface area contributed by atoms with Crippen molar-refractivity contribution in [1.82, 2.24) is 10.3 Å². The van der Waals surface area contributed by atoms with Crippen molar-refractivity contribution in [2.45, 2.75) is 22.4 Å². The minimum absolute atomic E-state index is 0.282. The van der Waals surface area contributed by atoms with Gasteiger partial charge >= 0.3 is 0 Å². The van der Waals surface area contributed by atoms with Crippen LogP contribution in [0.25, 0.3) is 0 Å². The summed E-state index contributed by atoms with van der Waals surface area (Å²) in [5.74, 6) is 0. The number of pyridine rings is 1. The molecule has 1 aliphatic heterocycles. The van der Waals surface area contributed by atoms with Crippen LogP contribution in [0.15, 0.2) is 57.0 Å². The highest BCUT2D eigenvalue weighted by Gasteiger charge is 2.14. The Morgan fingerprint density at radius 1 is 1.33 bits per heavy atom. The average molecular weight is 365 g/mol. The van der Waals surface area contributed by atoms with E-state index in [9.17, 15) is 0 Å². The number of benzene rings is 1. The maximum atomic E-state index is 5.77. The highest BCUT2D eigenvalue weighted by molar-refractivity contribution is 9.10. The number of nitrogens with one attached hydrogen (secondary N) is 1. The van der Waals surface area contributed by atoms with Crippen molar-refractivity contribution in [1.29, 1.82) is 0 Å². The molecule has 1 N–H and O–H groups in total. The van der Waals surface area contributed by atoms with E-state index in [1.807, 2.05) is 18.3 Å². The molecular formula is C16H17BrN2OS. The molecule has 3 nitrogen and oxygen atoms in total. The molecule has 1 aromatic carbocycles. The first-order valence-corrected chi connectivity index (χ1v) is 8.61. The molecule has 0 saturated carbocycles. The second-order valence-electron chi connectivity index (χ2n) is 4.97. The normalized spacial score (nSPS) is 18.6. The molecule has 2 heterocycles. The molecule has 21 heavy (non-hydrogen) atoms. The van der Waals surface area contributed by atoms with Crippen molar-refractivity contribution < 1.29 is 4.74 Å². The minimum Gasteiger partial charge on any atom is -0.375 e. The van der Waals surface area contributed by atoms with Gasteiger partial charge in [-0.15, -0.1) is 0 Å². The van der Waals surface area contributed by atoms with Crippen LogP contribution in [0.5, 0.6) is 0 Å². The SMILES string of the molecule is Brc1ccc(Sc2cccc(CC3CNCCO3)c2)nc1. The van der Waals surface area contributed by atoms with Crippen LogP contribution in [0.4, 0.5) is 0 Å². The molecule has 5 heteroatoms. The smallest absolute Gasteiger partial charge is 0.101 e. The van der Waals surface area contributed by atoms with Crippen molar-refractivity contribution in [2.24, 2.45) is 0 Å². The zero-order chi connectivity index (χ0) is 14.5. The molecule has 110 valence electrons. The van der Waals surface area contributed by atoms with E-state index in [0.717, 1.165) is 35.6 Å². The molecule has 0 bridgehead atoms. The number of morpholine rings is 1. The number of aromatic nitrogens is 1. The zero-order valence-corrected chi connectivity index (χ0v) is 14.0. The second-order valence-corrected chi connectivity index (χ2v) is 6.97. The number of hydrogen-bond donors (Lipinski definition) is 1. The van der Waals surface area contributed by atoms with Crippen molar-refractivity contribution in [3.8, 4) is 0 Å². The van der Waals surface area contributed by atoms with Gasteiger partial charge in [0.2, 0.25) is 0 Å². The van der Waals surface area contributed by atoms with Gasteiger partial charge in [0.05, 0.1) is 12.7 Å². The van der Waals surface area contributed by atoms with E-state index in [1.54, 1.807) is 11.8 Å². The molecule has 1 aliphatic rings. The van der Waals surface area contributed by atoms with E-state index in [1.165, 1.54) is 10.5 Å². The Morgan fingerprint density at radius 2 is 2.29 bits per heavy atom. The van der Waals surface area contributed by atoms with Crippen LogP contribution in [0.1, 0.15) is 5.56 Å². The molecule has 1 saturated heterocycles. The number of nitrogens with zero attached hydrogens (tertiary/aromatic N) is 1. The first kappa shape index (κ1) is 15.0. The fraction of sp³-hybridized carbons (Fsp3) is 0.312. The highest BCUT2D eigenvalue weighted by Crippen LogP contribution is 2.27. The van der Waals surface area contributed by atoms with Gasteiger partial charge in [0.25, 0.3) is 0 Å². The molecule has 2 aromatic rings. The van der Waals surface area contributed by atoms with Crippen LogP contribution in [0, 0.1) is 0 Å². The minimum atomic E-state index is 0.282. The van der Waals surface area contributed by atoms with Gasteiger partial charge in [-0.1, -0.05) is 23.9 Å². The lowest BCUT2D eigenvalue weighted by molar-refractivity contribution is 0.0292. The Labute approximate surface area is 137 Å². The Hall–Kier alpha value is -0.880. The summed E-state index contributed by atoms with van der Waals surface area (Å²) in [5, 5.41) is 4.38. The Bertz CT molecular complexity index is 585. The van der Waals surface area contributed by atoms with E-state index in [0.29, 0.717) is 0 Å². The van der Waals surface area contributed by atoms with E-state index < -0.39 is 0 Å². The van der Waals surface area contributed by atoms with Crippen LogP contribution in [-0.4, -0.2) is 30.8 Å². The molecule has 1 aromatic heterocycles. The first-order valence-electron chi connectivity index (χ1n) is 7.00. The topological polar surface area (TPSA) is 34.1 Å². The summed E-state index contributed by atoms with van der Waals surface area (Å²) in [6, 6.07) is 12.7. The maximum absolute atomic E-state index is 5.77. The van der Waals surface area contributed by atoms with Gasteiger partial charge in [0, 0.05) is 28.7 Å². The van der Waals surface area contributed by atoms with E-state index in [4.69, 9.17) is 4.74 Å². The van der Waals surface area contributed by atoms with Gasteiger partial charge in [-0.3, -0.25) is 0 Å². The summed E-state index contributed by atoms with van der Waals surface area (Å²) in [4.78, 5) is 5.61. The van der Waals surface area contributed by atoms with Gasteiger partial charge in [0.15, 0.2) is 0 Å². The van der Waals surface area contributed by atoms with Crippen LogP contribution >= 0.6 is 27.7 Å². The van der Waals surface area contributed by atoms with Gasteiger partial charge in [0.1, 0.15) is 5.03 Å². The third-order valence-electron chi connectivity index (χ3n) is 3.29. The van der Waals surface area contributed by atoms with E-state index in [2.05, 4.69) is 50.5 Å². The third-order valence-corrected chi connectivity index (χ3v) is 4.70. The van der Waals surface area contributed by atoms with Crippen molar-refractivity contribution >= 4 is 27.7 Å². The van der Waals surface area contributed by atoms with Crippen molar-refractivity contribution in [3.05, 3.63) is 52.6 Å². The molecule has 1 unspecified atom stereocenters. The summed E-state index contributed by atoms with van der Waals surface area (Å²) < 4.78 is 6.77. The summed E-state index contributed by atoms with van der Waals surface area (Å²) in [5.41, 5.74) is 1.31. The van der Waals surface area contributed by atoms with Crippen LogP contribution < -0.4 is 5.32 Å². The predicted octanol–water partition coefficient (Wildman–Crippen LogP) is 3.53. The van der Waals surface area contributed by atoms with E-state index in [-0.39, 0.29) is 6.10 Å². The third kappa shape index (κ3) is 4.54. The second kappa shape index (κ2) is 7.40. The summed E-state index contributed by atoms with van der Waals surface area (Å²) in [6.45, 7) is 2.70. The van der Waals surface area contributed by atoms with Crippen molar-refractivity contribution in [2.75, 3.05) is 19.7 Å². The quantitative estimate of drug-likeness (QED) is 0.899. The summed E-state index contributed by atoms with van der Waals surface area (Å²) >= 11 is 5.09. The first-order chi connectivity index (χ1) is 10.3. The molecule has 3 rings (SSSR count). The monoisotopic (exact) mass is 364 g/mol. The fourth-order valence-electron chi connectivity index (χ4n) is 2.29. The van der Waals surface area contributed by atoms with Crippen LogP contribution in [0.2, 0.25) is 0 Å². The zero-order valence-electron chi connectivity index (χ0n) is 11.6. The standard InChI is InChI=1S/C16H17BrN2OS/c17-13-4-5-16(19-10-13)21-15-3-1-2-12(9-15)8-14-11-18-6-7-20-14/h1-5,9-10,14,18H,6-8,11H2. The number of halogens is 1. The summed E-state index contributed by atoms with van der Waals surface area (Å²) in [6.07, 6.45) is 3.06. The molecule has 0 aliphatic carbocycles. The molecule has 0 spiro atoms. The maximum Gasteiger partial charge on any atom is 0.101 e. The van der Waals surface area contributed by atoms with Gasteiger partial charge in [-0.05, 0) is 52.2 Å². The predicted molar refractivity (Wildman–Crippen MR) is 88.8 cm³/mol. The lowest BCUT2D eigenvalue weighted by Crippen LogP contribution is -2.39. The average Bonchev–Trinajstić information content (AvgIpc) is 2.51. The number of hydrogen-bond acceptors (Lipinski definition) is 4. The lowest BCUT2D eigenvalue weighted by atomic mass is 10.1. The Kier molecular flexibility index (Phi) is 5.30. The number of ether oxygens (including phenoxy) is 1. The van der Waals surface area contributed by atoms with Gasteiger partial charge in [-0.2, -0.15) is 0 Å². The largest absolute Gasteiger partial charge is 0.375 e. The lowest BCUT2D eigenvalue weighted by Gasteiger charge is -2.23. The Morgan fingerprint density at radius 3 is 3.05 bits per heavy atom. The Balaban J connectivity index is 1.66. The molecular weight excluding hydrogens is 348 g/mol. The highest BCUT2D eigenvalue weighted by atomic mass is 79.9. The molecule has 1 atom stereocenters. The van der Waals surface area contributed by atoms with Crippen LogP contribution in [-0.2, 0) is 11.2 Å². The van der Waals surface area contributed by atoms with Crippen LogP contribution in [0.3, 0.4) is 0 Å². The van der Waals surface area contributed by atoms with Gasteiger partial charge in [-0.25, -0.2) is 4.98 Å². The van der Waals surface area contributed by atoms with E-state index >= 15 is 0 Å². The fourth-order valence-corrected chi connectivity index (χ4v) is 3.37.